The van der Waals surface area contributed by atoms with Crippen molar-refractivity contribution in [1.82, 2.24) is 0 Å². The minimum Gasteiger partial charge on any atom is -0.292 e. The number of hydrogen-bond donors (Lipinski definition) is 0. The summed E-state index contributed by atoms with van der Waals surface area (Å²) in [5.41, 5.74) is 0. The van der Waals surface area contributed by atoms with Crippen LogP contribution in [0.5, 0.6) is 0 Å². The first-order valence-electron chi connectivity index (χ1n) is 3.58. The highest BCUT2D eigenvalue weighted by Crippen LogP contribution is 2.24. The predicted octanol–water partition coefficient (Wildman–Crippen LogP) is 3.60. The van der Waals surface area contributed by atoms with Crippen LogP contribution in [-0.4, -0.2) is 11.2 Å². The maximum absolute atomic E-state index is 11.4. The zero-order valence-electron chi connectivity index (χ0n) is 6.51. The highest BCUT2D eigenvalue weighted by Gasteiger charge is 2.16. The maximum Gasteiger partial charge on any atom is 0.190 e. The van der Waals surface area contributed by atoms with Crippen LogP contribution in [0.25, 0.3) is 0 Å². The molecule has 66 valence electrons. The van der Waals surface area contributed by atoms with Crippen molar-refractivity contribution in [2.24, 2.45) is 0 Å². The Bertz CT molecular complexity index is 282. The fourth-order valence-electron chi connectivity index (χ4n) is 0.786. The molecular formula is C8H8Cl2OS. The van der Waals surface area contributed by atoms with Crippen molar-refractivity contribution in [1.29, 1.82) is 0 Å². The molecule has 0 aliphatic carbocycles. The van der Waals surface area contributed by atoms with Crippen molar-refractivity contribution in [3.05, 3.63) is 21.3 Å². The Morgan fingerprint density at radius 1 is 1.67 bits per heavy atom. The van der Waals surface area contributed by atoms with Crippen LogP contribution in [0.15, 0.2) is 12.1 Å². The second-order valence-electron chi connectivity index (χ2n) is 2.34. The molecule has 1 nitrogen and oxygen atoms in total. The minimum absolute atomic E-state index is 0.0314. The van der Waals surface area contributed by atoms with Crippen molar-refractivity contribution in [2.45, 2.75) is 18.7 Å². The van der Waals surface area contributed by atoms with Gasteiger partial charge in [-0.15, -0.1) is 22.9 Å². The molecule has 1 heterocycles. The van der Waals surface area contributed by atoms with Crippen molar-refractivity contribution >= 4 is 40.3 Å². The molecule has 0 amide bonds. The number of hydrogen-bond acceptors (Lipinski definition) is 2. The van der Waals surface area contributed by atoms with Gasteiger partial charge in [0.2, 0.25) is 0 Å². The summed E-state index contributed by atoms with van der Waals surface area (Å²) in [7, 11) is 0. The Morgan fingerprint density at radius 2 is 2.33 bits per heavy atom. The van der Waals surface area contributed by atoms with Crippen LogP contribution in [0.4, 0.5) is 0 Å². The van der Waals surface area contributed by atoms with Gasteiger partial charge in [-0.25, -0.2) is 0 Å². The zero-order chi connectivity index (χ0) is 9.14. The van der Waals surface area contributed by atoms with Crippen LogP contribution >= 0.6 is 34.5 Å². The Hall–Kier alpha value is -0.0500. The normalized spacial score (nSPS) is 12.9. The second-order valence-corrected chi connectivity index (χ2v) is 4.59. The van der Waals surface area contributed by atoms with Gasteiger partial charge in [-0.1, -0.05) is 18.5 Å². The molecule has 0 spiro atoms. The molecule has 0 saturated heterocycles. The standard InChI is InChI=1S/C8H8Cl2OS/c1-2-5(9)8(11)6-3-4-7(10)12-6/h3-5H,2H2,1H3. The number of alkyl halides is 1. The molecule has 12 heavy (non-hydrogen) atoms. The van der Waals surface area contributed by atoms with Gasteiger partial charge in [0.25, 0.3) is 0 Å². The van der Waals surface area contributed by atoms with E-state index in [1.807, 2.05) is 6.92 Å². The van der Waals surface area contributed by atoms with E-state index in [9.17, 15) is 4.79 Å². The van der Waals surface area contributed by atoms with Crippen LogP contribution in [0.3, 0.4) is 0 Å². The van der Waals surface area contributed by atoms with Crippen LogP contribution < -0.4 is 0 Å². The summed E-state index contributed by atoms with van der Waals surface area (Å²) in [6, 6.07) is 3.42. The van der Waals surface area contributed by atoms with E-state index in [-0.39, 0.29) is 5.78 Å². The van der Waals surface area contributed by atoms with E-state index in [0.29, 0.717) is 15.6 Å². The number of ketones is 1. The summed E-state index contributed by atoms with van der Waals surface area (Å²) < 4.78 is 0.623. The molecule has 1 atom stereocenters. The van der Waals surface area contributed by atoms with Crippen molar-refractivity contribution in [2.75, 3.05) is 0 Å². The molecule has 4 heteroatoms. The molecule has 0 N–H and O–H groups in total. The van der Waals surface area contributed by atoms with Crippen LogP contribution in [-0.2, 0) is 0 Å². The van der Waals surface area contributed by atoms with E-state index in [4.69, 9.17) is 23.2 Å². The SMILES string of the molecule is CCC(Cl)C(=O)c1ccc(Cl)s1. The second kappa shape index (κ2) is 4.26. The molecule has 0 radical (unpaired) electrons. The largest absolute Gasteiger partial charge is 0.292 e. The lowest BCUT2D eigenvalue weighted by Crippen LogP contribution is -2.11. The fourth-order valence-corrected chi connectivity index (χ4v) is 2.01. The lowest BCUT2D eigenvalue weighted by atomic mass is 10.2. The average molecular weight is 223 g/mol. The van der Waals surface area contributed by atoms with Gasteiger partial charge in [-0.3, -0.25) is 4.79 Å². The van der Waals surface area contributed by atoms with Crippen LogP contribution in [0.2, 0.25) is 4.34 Å². The number of carbonyl (C=O) groups excluding carboxylic acids is 1. The van der Waals surface area contributed by atoms with E-state index >= 15 is 0 Å². The molecule has 0 aliphatic heterocycles. The summed E-state index contributed by atoms with van der Waals surface area (Å²) >= 11 is 12.7. The molecule has 1 unspecified atom stereocenters. The third-order valence-corrected chi connectivity index (χ3v) is 3.21. The topological polar surface area (TPSA) is 17.1 Å². The number of thiophene rings is 1. The number of rotatable bonds is 3. The number of halogens is 2. The monoisotopic (exact) mass is 222 g/mol. The van der Waals surface area contributed by atoms with Gasteiger partial charge >= 0.3 is 0 Å². The first-order valence-corrected chi connectivity index (χ1v) is 5.22. The van der Waals surface area contributed by atoms with E-state index in [1.54, 1.807) is 12.1 Å². The molecule has 1 rings (SSSR count). The summed E-state index contributed by atoms with van der Waals surface area (Å²) in [4.78, 5) is 12.0. The van der Waals surface area contributed by atoms with Gasteiger partial charge in [0.1, 0.15) is 0 Å². The predicted molar refractivity (Wildman–Crippen MR) is 53.6 cm³/mol. The average Bonchev–Trinajstić information content (AvgIpc) is 2.49. The highest BCUT2D eigenvalue weighted by atomic mass is 35.5. The van der Waals surface area contributed by atoms with E-state index in [0.717, 1.165) is 0 Å². The highest BCUT2D eigenvalue weighted by molar-refractivity contribution is 7.18. The van der Waals surface area contributed by atoms with E-state index < -0.39 is 5.38 Å². The first-order chi connectivity index (χ1) is 5.65. The molecule has 1 aromatic rings. The van der Waals surface area contributed by atoms with Gasteiger partial charge < -0.3 is 0 Å². The zero-order valence-corrected chi connectivity index (χ0v) is 8.84. The summed E-state index contributed by atoms with van der Waals surface area (Å²) in [6.45, 7) is 1.88. The van der Waals surface area contributed by atoms with Crippen molar-refractivity contribution in [3.8, 4) is 0 Å². The summed E-state index contributed by atoms with van der Waals surface area (Å²) in [6.07, 6.45) is 0.649. The van der Waals surface area contributed by atoms with Crippen molar-refractivity contribution < 1.29 is 4.79 Å². The fraction of sp³-hybridized carbons (Fsp3) is 0.375. The Labute approximate surface area is 85.3 Å². The molecule has 0 saturated carbocycles. The minimum atomic E-state index is -0.417. The molecule has 1 aromatic heterocycles. The molecular weight excluding hydrogens is 215 g/mol. The van der Waals surface area contributed by atoms with E-state index in [2.05, 4.69) is 0 Å². The quantitative estimate of drug-likeness (QED) is 0.565. The van der Waals surface area contributed by atoms with Crippen LogP contribution in [0.1, 0.15) is 23.0 Å². The lowest BCUT2D eigenvalue weighted by molar-refractivity contribution is 0.0989. The summed E-state index contributed by atoms with van der Waals surface area (Å²) in [5, 5.41) is -0.417. The van der Waals surface area contributed by atoms with Gasteiger partial charge in [-0.2, -0.15) is 0 Å². The molecule has 0 fully saturated rings. The molecule has 0 bridgehead atoms. The summed E-state index contributed by atoms with van der Waals surface area (Å²) in [5.74, 6) is -0.0314. The first kappa shape index (κ1) is 10.0. The van der Waals surface area contributed by atoms with Crippen LogP contribution in [0, 0.1) is 0 Å². The smallest absolute Gasteiger partial charge is 0.190 e. The number of Topliss-reactive ketones (excluding diaryl/α,β-unsaturated/α-hetero) is 1. The third kappa shape index (κ3) is 2.22. The lowest BCUT2D eigenvalue weighted by Gasteiger charge is -2.01. The van der Waals surface area contributed by atoms with E-state index in [1.165, 1.54) is 11.3 Å². The van der Waals surface area contributed by atoms with Gasteiger partial charge in [0.05, 0.1) is 14.6 Å². The van der Waals surface area contributed by atoms with Gasteiger partial charge in [-0.05, 0) is 18.6 Å². The Morgan fingerprint density at radius 3 is 2.75 bits per heavy atom. The Kier molecular flexibility index (Phi) is 3.56. The Balaban J connectivity index is 2.78. The number of carbonyl (C=O) groups is 1. The van der Waals surface area contributed by atoms with Crippen molar-refractivity contribution in [3.63, 3.8) is 0 Å². The van der Waals surface area contributed by atoms with Gasteiger partial charge in [0, 0.05) is 0 Å². The molecule has 0 aromatic carbocycles. The van der Waals surface area contributed by atoms with Gasteiger partial charge in [0.15, 0.2) is 5.78 Å². The maximum atomic E-state index is 11.4. The third-order valence-electron chi connectivity index (χ3n) is 1.46. The molecule has 0 aliphatic rings.